The second-order valence-electron chi connectivity index (χ2n) is 6.09. The molecule has 0 radical (unpaired) electrons. The van der Waals surface area contributed by atoms with Crippen LogP contribution in [0.1, 0.15) is 38.0 Å². The van der Waals surface area contributed by atoms with E-state index in [1.54, 1.807) is 0 Å². The van der Waals surface area contributed by atoms with Crippen LogP contribution in [0.15, 0.2) is 28.8 Å². The lowest BCUT2D eigenvalue weighted by Gasteiger charge is -2.25. The molecule has 0 saturated carbocycles. The van der Waals surface area contributed by atoms with Gasteiger partial charge in [-0.3, -0.25) is 0 Å². The number of aromatic nitrogens is 2. The van der Waals surface area contributed by atoms with E-state index in [1.807, 2.05) is 24.3 Å². The number of nitrogens with zero attached hydrogens (tertiary/aromatic N) is 2. The van der Waals surface area contributed by atoms with E-state index >= 15 is 0 Å². The first-order chi connectivity index (χ1) is 9.34. The molecule has 1 unspecified atom stereocenters. The second kappa shape index (κ2) is 5.94. The first-order valence-corrected chi connectivity index (χ1v) is 7.04. The quantitative estimate of drug-likeness (QED) is 0.940. The molecule has 1 heterocycles. The molecule has 2 aromatic rings. The summed E-state index contributed by atoms with van der Waals surface area (Å²) in [5.41, 5.74) is 7.19. The van der Waals surface area contributed by atoms with Crippen molar-refractivity contribution >= 4 is 11.6 Å². The molecule has 0 saturated heterocycles. The zero-order chi connectivity index (χ0) is 14.8. The summed E-state index contributed by atoms with van der Waals surface area (Å²) >= 11 is 5.95. The van der Waals surface area contributed by atoms with Crippen molar-refractivity contribution in [2.24, 2.45) is 11.1 Å². The van der Waals surface area contributed by atoms with Crippen LogP contribution in [-0.4, -0.2) is 16.2 Å². The third kappa shape index (κ3) is 4.05. The molecule has 2 N–H and O–H groups in total. The first-order valence-electron chi connectivity index (χ1n) is 6.66. The van der Waals surface area contributed by atoms with Gasteiger partial charge in [-0.05, 0) is 23.1 Å². The molecular formula is C15H20ClN3O. The van der Waals surface area contributed by atoms with Crippen LogP contribution in [0.5, 0.6) is 0 Å². The smallest absolute Gasteiger partial charge is 0.228 e. The van der Waals surface area contributed by atoms with Gasteiger partial charge in [0.2, 0.25) is 5.89 Å². The minimum atomic E-state index is -0.0121. The molecule has 5 heteroatoms. The van der Waals surface area contributed by atoms with Crippen LogP contribution in [0.25, 0.3) is 0 Å². The molecule has 1 aromatic heterocycles. The van der Waals surface area contributed by atoms with Gasteiger partial charge in [0, 0.05) is 23.9 Å². The number of halogens is 1. The summed E-state index contributed by atoms with van der Waals surface area (Å²) < 4.78 is 5.26. The highest BCUT2D eigenvalue weighted by atomic mass is 35.5. The lowest BCUT2D eigenvalue weighted by atomic mass is 9.85. The fraction of sp³-hybridized carbons (Fsp3) is 0.467. The highest BCUT2D eigenvalue weighted by Crippen LogP contribution is 2.20. The van der Waals surface area contributed by atoms with Gasteiger partial charge in [-0.1, -0.05) is 49.7 Å². The maximum atomic E-state index is 6.12. The van der Waals surface area contributed by atoms with Crippen molar-refractivity contribution in [3.63, 3.8) is 0 Å². The van der Waals surface area contributed by atoms with Crippen molar-refractivity contribution in [3.05, 3.63) is 46.6 Å². The third-order valence-corrected chi connectivity index (χ3v) is 3.50. The Morgan fingerprint density at radius 2 is 2.10 bits per heavy atom. The normalized spacial score (nSPS) is 13.4. The average Bonchev–Trinajstić information content (AvgIpc) is 2.75. The summed E-state index contributed by atoms with van der Waals surface area (Å²) in [6.07, 6.45) is 1.20. The standard InChI is InChI=1S/C15H20ClN3O/c1-15(2,3)12(17)9-14-18-13(19-20-14)8-10-5-4-6-11(16)7-10/h4-7,12H,8-9,17H2,1-3H3. The van der Waals surface area contributed by atoms with E-state index in [1.165, 1.54) is 0 Å². The van der Waals surface area contributed by atoms with E-state index in [-0.39, 0.29) is 11.5 Å². The van der Waals surface area contributed by atoms with Gasteiger partial charge < -0.3 is 10.3 Å². The predicted octanol–water partition coefficient (Wildman–Crippen LogP) is 3.23. The minimum absolute atomic E-state index is 0.0121. The Hall–Kier alpha value is -1.39. The lowest BCUT2D eigenvalue weighted by Crippen LogP contribution is -2.37. The highest BCUT2D eigenvalue weighted by molar-refractivity contribution is 6.30. The maximum absolute atomic E-state index is 6.12. The van der Waals surface area contributed by atoms with Gasteiger partial charge in [-0.25, -0.2) is 0 Å². The van der Waals surface area contributed by atoms with Gasteiger partial charge in [0.05, 0.1) is 0 Å². The average molecular weight is 294 g/mol. The van der Waals surface area contributed by atoms with Crippen molar-refractivity contribution in [2.45, 2.75) is 39.7 Å². The van der Waals surface area contributed by atoms with Crippen molar-refractivity contribution in [1.29, 1.82) is 0 Å². The Bertz CT molecular complexity index is 574. The molecule has 0 spiro atoms. The van der Waals surface area contributed by atoms with Crippen LogP contribution in [-0.2, 0) is 12.8 Å². The van der Waals surface area contributed by atoms with Gasteiger partial charge in [-0.2, -0.15) is 4.98 Å². The van der Waals surface area contributed by atoms with E-state index in [0.717, 1.165) is 5.56 Å². The number of hydrogen-bond donors (Lipinski definition) is 1. The van der Waals surface area contributed by atoms with Gasteiger partial charge in [-0.15, -0.1) is 0 Å². The molecule has 108 valence electrons. The number of nitrogens with two attached hydrogens (primary N) is 1. The van der Waals surface area contributed by atoms with Crippen molar-refractivity contribution in [1.82, 2.24) is 10.1 Å². The van der Waals surface area contributed by atoms with Crippen molar-refractivity contribution in [3.8, 4) is 0 Å². The van der Waals surface area contributed by atoms with Crippen LogP contribution < -0.4 is 5.73 Å². The van der Waals surface area contributed by atoms with Crippen LogP contribution in [0.2, 0.25) is 5.02 Å². The van der Waals surface area contributed by atoms with E-state index in [2.05, 4.69) is 30.9 Å². The van der Waals surface area contributed by atoms with Crippen molar-refractivity contribution in [2.75, 3.05) is 0 Å². The van der Waals surface area contributed by atoms with Gasteiger partial charge in [0.15, 0.2) is 5.82 Å². The molecule has 0 aliphatic carbocycles. The Kier molecular flexibility index (Phi) is 4.45. The summed E-state index contributed by atoms with van der Waals surface area (Å²) in [6.45, 7) is 6.29. The maximum Gasteiger partial charge on any atom is 0.228 e. The molecule has 1 atom stereocenters. The van der Waals surface area contributed by atoms with Crippen LogP contribution in [0.4, 0.5) is 0 Å². The number of rotatable bonds is 4. The fourth-order valence-electron chi connectivity index (χ4n) is 1.77. The zero-order valence-electron chi connectivity index (χ0n) is 12.1. The Labute approximate surface area is 124 Å². The molecule has 1 aromatic carbocycles. The first kappa shape index (κ1) is 15.0. The molecule has 20 heavy (non-hydrogen) atoms. The second-order valence-corrected chi connectivity index (χ2v) is 6.52. The van der Waals surface area contributed by atoms with Crippen LogP contribution >= 0.6 is 11.6 Å². The number of benzene rings is 1. The number of hydrogen-bond acceptors (Lipinski definition) is 4. The van der Waals surface area contributed by atoms with Gasteiger partial charge in [0.1, 0.15) is 0 Å². The van der Waals surface area contributed by atoms with Gasteiger partial charge in [0.25, 0.3) is 0 Å². The Morgan fingerprint density at radius 1 is 1.35 bits per heavy atom. The molecule has 0 aliphatic heterocycles. The van der Waals surface area contributed by atoms with E-state index in [0.29, 0.717) is 29.6 Å². The highest BCUT2D eigenvalue weighted by Gasteiger charge is 2.23. The summed E-state index contributed by atoms with van der Waals surface area (Å²) in [5, 5.41) is 4.70. The fourth-order valence-corrected chi connectivity index (χ4v) is 1.98. The van der Waals surface area contributed by atoms with Crippen LogP contribution in [0.3, 0.4) is 0 Å². The molecular weight excluding hydrogens is 274 g/mol. The molecule has 0 aliphatic rings. The summed E-state index contributed by atoms with van der Waals surface area (Å²) in [5.74, 6) is 1.24. The van der Waals surface area contributed by atoms with Crippen molar-refractivity contribution < 1.29 is 4.52 Å². The summed E-state index contributed by atoms with van der Waals surface area (Å²) in [6, 6.07) is 7.63. The monoisotopic (exact) mass is 293 g/mol. The topological polar surface area (TPSA) is 64.9 Å². The molecule has 2 rings (SSSR count). The third-order valence-electron chi connectivity index (χ3n) is 3.27. The van der Waals surface area contributed by atoms with Crippen LogP contribution in [0, 0.1) is 5.41 Å². The predicted molar refractivity (Wildman–Crippen MR) is 79.7 cm³/mol. The largest absolute Gasteiger partial charge is 0.339 e. The van der Waals surface area contributed by atoms with E-state index in [9.17, 15) is 0 Å². The SMILES string of the molecule is CC(C)(C)C(N)Cc1nc(Cc2cccc(Cl)c2)no1. The summed E-state index contributed by atoms with van der Waals surface area (Å²) in [7, 11) is 0. The van der Waals surface area contributed by atoms with Gasteiger partial charge >= 0.3 is 0 Å². The van der Waals surface area contributed by atoms with E-state index < -0.39 is 0 Å². The minimum Gasteiger partial charge on any atom is -0.339 e. The Morgan fingerprint density at radius 3 is 2.75 bits per heavy atom. The van der Waals surface area contributed by atoms with E-state index in [4.69, 9.17) is 21.9 Å². The molecule has 0 amide bonds. The Balaban J connectivity index is 2.02. The molecule has 0 fully saturated rings. The zero-order valence-corrected chi connectivity index (χ0v) is 12.8. The lowest BCUT2D eigenvalue weighted by molar-refractivity contribution is 0.285. The molecule has 0 bridgehead atoms. The molecule has 4 nitrogen and oxygen atoms in total. The summed E-state index contributed by atoms with van der Waals surface area (Å²) in [4.78, 5) is 4.39.